The Hall–Kier alpha value is -2.41. The fraction of sp³-hybridized carbons (Fsp3) is 0.478. The Morgan fingerprint density at radius 3 is 2.63 bits per heavy atom. The van der Waals surface area contributed by atoms with Crippen molar-refractivity contribution in [2.45, 2.75) is 38.5 Å². The van der Waals surface area contributed by atoms with Gasteiger partial charge >= 0.3 is 0 Å². The molecule has 1 atom stereocenters. The molecule has 2 aromatic rings. The summed E-state index contributed by atoms with van der Waals surface area (Å²) in [4.78, 5) is 11.5. The fourth-order valence-electron chi connectivity index (χ4n) is 3.50. The Morgan fingerprint density at radius 2 is 1.97 bits per heavy atom. The lowest BCUT2D eigenvalue weighted by molar-refractivity contribution is 0.459. The highest BCUT2D eigenvalue weighted by molar-refractivity contribution is 7.84. The first-order valence-electron chi connectivity index (χ1n) is 10.8. The molecule has 1 fully saturated rings. The maximum atomic E-state index is 12.3. The van der Waals surface area contributed by atoms with E-state index in [4.69, 9.17) is 0 Å². The first kappa shape index (κ1) is 22.3. The van der Waals surface area contributed by atoms with Crippen molar-refractivity contribution in [1.82, 2.24) is 15.6 Å². The molecular formula is C23H33N5OS. The first-order valence-corrected chi connectivity index (χ1v) is 12.2. The first-order chi connectivity index (χ1) is 14.6. The predicted molar refractivity (Wildman–Crippen MR) is 126 cm³/mol. The number of aryl methyl sites for hydroxylation is 1. The van der Waals surface area contributed by atoms with E-state index in [0.717, 1.165) is 49.8 Å². The molecule has 0 radical (unpaired) electrons. The molecule has 1 saturated heterocycles. The number of rotatable bonds is 8. The van der Waals surface area contributed by atoms with E-state index in [1.54, 1.807) is 0 Å². The molecular weight excluding hydrogens is 394 g/mol. The number of nitrogens with one attached hydrogen (secondary N) is 2. The molecule has 0 saturated carbocycles. The number of aromatic nitrogens is 1. The van der Waals surface area contributed by atoms with Crippen LogP contribution in [0, 0.1) is 6.92 Å². The van der Waals surface area contributed by atoms with Gasteiger partial charge in [0.25, 0.3) is 0 Å². The van der Waals surface area contributed by atoms with Crippen LogP contribution in [0.25, 0.3) is 0 Å². The van der Waals surface area contributed by atoms with Crippen molar-refractivity contribution in [3.63, 3.8) is 0 Å². The number of guanidine groups is 1. The molecule has 7 heteroatoms. The van der Waals surface area contributed by atoms with Crippen molar-refractivity contribution < 1.29 is 4.21 Å². The van der Waals surface area contributed by atoms with E-state index in [-0.39, 0.29) is 0 Å². The molecule has 1 aromatic heterocycles. The van der Waals surface area contributed by atoms with Gasteiger partial charge in [0.2, 0.25) is 0 Å². The van der Waals surface area contributed by atoms with E-state index < -0.39 is 10.8 Å². The molecule has 0 amide bonds. The summed E-state index contributed by atoms with van der Waals surface area (Å²) in [6.45, 7) is 7.45. The predicted octanol–water partition coefficient (Wildman–Crippen LogP) is 2.86. The number of pyridine rings is 1. The van der Waals surface area contributed by atoms with Crippen LogP contribution in [-0.4, -0.2) is 53.1 Å². The van der Waals surface area contributed by atoms with Gasteiger partial charge in [0.15, 0.2) is 5.96 Å². The van der Waals surface area contributed by atoms with Crippen LogP contribution in [0.1, 0.15) is 30.9 Å². The Balaban J connectivity index is 1.44. The van der Waals surface area contributed by atoms with Gasteiger partial charge in [0.1, 0.15) is 5.82 Å². The van der Waals surface area contributed by atoms with E-state index in [0.29, 0.717) is 24.1 Å². The van der Waals surface area contributed by atoms with Gasteiger partial charge in [0.05, 0.1) is 6.54 Å². The number of benzene rings is 1. The fourth-order valence-corrected chi connectivity index (χ4v) is 4.51. The van der Waals surface area contributed by atoms with Crippen molar-refractivity contribution in [2.75, 3.05) is 36.8 Å². The van der Waals surface area contributed by atoms with Gasteiger partial charge in [-0.3, -0.25) is 9.20 Å². The van der Waals surface area contributed by atoms with Crippen LogP contribution < -0.4 is 15.5 Å². The Bertz CT molecular complexity index is 817. The van der Waals surface area contributed by atoms with Crippen molar-refractivity contribution in [2.24, 2.45) is 4.99 Å². The summed E-state index contributed by atoms with van der Waals surface area (Å²) >= 11 is 0. The number of nitrogens with zero attached hydrogens (tertiary/aromatic N) is 3. The van der Waals surface area contributed by atoms with Gasteiger partial charge in [-0.1, -0.05) is 36.4 Å². The van der Waals surface area contributed by atoms with Crippen molar-refractivity contribution in [3.8, 4) is 0 Å². The average Bonchev–Trinajstić information content (AvgIpc) is 2.76. The molecule has 162 valence electrons. The lowest BCUT2D eigenvalue weighted by Crippen LogP contribution is -2.49. The van der Waals surface area contributed by atoms with Crippen LogP contribution in [0.2, 0.25) is 0 Å². The highest BCUT2D eigenvalue weighted by Crippen LogP contribution is 2.18. The zero-order valence-corrected chi connectivity index (χ0v) is 18.8. The van der Waals surface area contributed by atoms with Gasteiger partial charge in [-0.15, -0.1) is 0 Å². The van der Waals surface area contributed by atoms with Crippen molar-refractivity contribution in [3.05, 3.63) is 59.8 Å². The molecule has 0 spiro atoms. The number of hydrogen-bond donors (Lipinski definition) is 2. The quantitative estimate of drug-likeness (QED) is 0.501. The SMILES string of the molecule is CCNC(=NCCS(=O)Cc1ccccc1)NC1CCN(c2ccc(C)cn2)CC1. The van der Waals surface area contributed by atoms with Gasteiger partial charge in [-0.2, -0.15) is 0 Å². The van der Waals surface area contributed by atoms with E-state index in [9.17, 15) is 4.21 Å². The monoisotopic (exact) mass is 427 g/mol. The molecule has 2 heterocycles. The van der Waals surface area contributed by atoms with E-state index in [1.807, 2.05) is 36.5 Å². The summed E-state index contributed by atoms with van der Waals surface area (Å²) in [5.74, 6) is 3.04. The maximum Gasteiger partial charge on any atom is 0.191 e. The molecule has 2 N–H and O–H groups in total. The number of piperidine rings is 1. The largest absolute Gasteiger partial charge is 0.357 e. The van der Waals surface area contributed by atoms with Gasteiger partial charge in [-0.25, -0.2) is 4.98 Å². The molecule has 6 nitrogen and oxygen atoms in total. The van der Waals surface area contributed by atoms with Gasteiger partial charge in [-0.05, 0) is 43.9 Å². The zero-order valence-electron chi connectivity index (χ0n) is 18.0. The second kappa shape index (κ2) is 11.7. The molecule has 1 aliphatic rings. The van der Waals surface area contributed by atoms with Crippen molar-refractivity contribution >= 4 is 22.6 Å². The third-order valence-electron chi connectivity index (χ3n) is 5.16. The van der Waals surface area contributed by atoms with Crippen LogP contribution in [0.15, 0.2) is 53.7 Å². The minimum absolute atomic E-state index is 0.388. The second-order valence-corrected chi connectivity index (χ2v) is 9.21. The number of anilines is 1. The van der Waals surface area contributed by atoms with Crippen LogP contribution in [0.4, 0.5) is 5.82 Å². The van der Waals surface area contributed by atoms with Gasteiger partial charge in [0, 0.05) is 54.2 Å². The van der Waals surface area contributed by atoms with Gasteiger partial charge < -0.3 is 15.5 Å². The third-order valence-corrected chi connectivity index (χ3v) is 6.45. The Kier molecular flexibility index (Phi) is 8.68. The van der Waals surface area contributed by atoms with Crippen LogP contribution in [0.3, 0.4) is 0 Å². The molecule has 1 aromatic carbocycles. The molecule has 1 aliphatic heterocycles. The topological polar surface area (TPSA) is 69.6 Å². The summed E-state index contributed by atoms with van der Waals surface area (Å²) in [5, 5.41) is 6.87. The Labute approximate surface area is 182 Å². The highest BCUT2D eigenvalue weighted by atomic mass is 32.2. The summed E-state index contributed by atoms with van der Waals surface area (Å²) in [5.41, 5.74) is 2.30. The van der Waals surface area contributed by atoms with Crippen molar-refractivity contribution in [1.29, 1.82) is 0 Å². The second-order valence-electron chi connectivity index (χ2n) is 7.63. The van der Waals surface area contributed by atoms with Crippen LogP contribution in [-0.2, 0) is 16.6 Å². The number of aliphatic imine (C=N–C) groups is 1. The smallest absolute Gasteiger partial charge is 0.191 e. The lowest BCUT2D eigenvalue weighted by atomic mass is 10.1. The van der Waals surface area contributed by atoms with Crippen LogP contribution >= 0.6 is 0 Å². The number of hydrogen-bond acceptors (Lipinski definition) is 4. The molecule has 30 heavy (non-hydrogen) atoms. The zero-order chi connectivity index (χ0) is 21.2. The highest BCUT2D eigenvalue weighted by Gasteiger charge is 2.20. The lowest BCUT2D eigenvalue weighted by Gasteiger charge is -2.33. The normalized spacial score (nSPS) is 16.3. The molecule has 0 bridgehead atoms. The summed E-state index contributed by atoms with van der Waals surface area (Å²) in [7, 11) is -0.902. The standard InChI is InChI=1S/C23H33N5OS/c1-3-24-23(25-13-16-30(29)18-20-7-5-4-6-8-20)27-21-11-14-28(15-12-21)22-10-9-19(2)17-26-22/h4-10,17,21H,3,11-16,18H2,1-2H3,(H2,24,25,27). The minimum Gasteiger partial charge on any atom is -0.357 e. The summed E-state index contributed by atoms with van der Waals surface area (Å²) in [6, 6.07) is 14.6. The van der Waals surface area contributed by atoms with E-state index in [1.165, 1.54) is 5.56 Å². The average molecular weight is 428 g/mol. The maximum absolute atomic E-state index is 12.3. The molecule has 1 unspecified atom stereocenters. The van der Waals surface area contributed by atoms with Crippen LogP contribution in [0.5, 0.6) is 0 Å². The van der Waals surface area contributed by atoms with E-state index >= 15 is 0 Å². The molecule has 3 rings (SSSR count). The summed E-state index contributed by atoms with van der Waals surface area (Å²) in [6.07, 6.45) is 4.01. The Morgan fingerprint density at radius 1 is 1.20 bits per heavy atom. The third kappa shape index (κ3) is 7.13. The minimum atomic E-state index is -0.902. The summed E-state index contributed by atoms with van der Waals surface area (Å²) < 4.78 is 12.3. The van der Waals surface area contributed by atoms with E-state index in [2.05, 4.69) is 51.5 Å². The molecule has 0 aliphatic carbocycles.